The van der Waals surface area contributed by atoms with E-state index in [9.17, 15) is 4.79 Å². The van der Waals surface area contributed by atoms with Gasteiger partial charge in [0.05, 0.1) is 12.0 Å². The first kappa shape index (κ1) is 15.0. The van der Waals surface area contributed by atoms with Crippen molar-refractivity contribution in [2.24, 2.45) is 5.92 Å². The van der Waals surface area contributed by atoms with Crippen LogP contribution in [0.4, 0.5) is 0 Å². The average molecular weight is 251 g/mol. The number of likely N-dealkylation sites (tertiary alicyclic amines) is 1. The van der Waals surface area contributed by atoms with Gasteiger partial charge in [-0.15, -0.1) is 0 Å². The topological polar surface area (TPSA) is 47.3 Å². The fraction of sp³-hybridized carbons (Fsp3) is 0.857. The van der Waals surface area contributed by atoms with E-state index >= 15 is 0 Å². The minimum Gasteiger partial charge on any atom is -0.346 e. The summed E-state index contributed by atoms with van der Waals surface area (Å²) in [6.07, 6.45) is 3.67. The molecule has 18 heavy (non-hydrogen) atoms. The van der Waals surface area contributed by atoms with Crippen molar-refractivity contribution < 1.29 is 4.79 Å². The first-order chi connectivity index (χ1) is 8.62. The summed E-state index contributed by atoms with van der Waals surface area (Å²) in [6.45, 7) is 6.83. The molecule has 0 aromatic carbocycles. The second kappa shape index (κ2) is 7.38. The van der Waals surface area contributed by atoms with Crippen molar-refractivity contribution in [1.29, 1.82) is 5.26 Å². The molecule has 1 amide bonds. The molecule has 1 aliphatic rings. The molecule has 0 saturated carbocycles. The van der Waals surface area contributed by atoms with Crippen molar-refractivity contribution in [3.63, 3.8) is 0 Å². The highest BCUT2D eigenvalue weighted by Crippen LogP contribution is 2.21. The van der Waals surface area contributed by atoms with Gasteiger partial charge in [0.15, 0.2) is 0 Å². The van der Waals surface area contributed by atoms with E-state index in [0.717, 1.165) is 38.9 Å². The Labute approximate surface area is 111 Å². The number of nitriles is 1. The zero-order valence-corrected chi connectivity index (χ0v) is 11.9. The molecule has 0 aromatic rings. The molecular formula is C14H25N3O. The SMILES string of the molecule is CCC(=O)N(C)CCC(CC)N1CCC(C#N)C1. The normalized spacial score (nSPS) is 21.6. The minimum atomic E-state index is 0.203. The third-order valence-electron chi connectivity index (χ3n) is 3.92. The maximum atomic E-state index is 11.5. The van der Waals surface area contributed by atoms with Crippen LogP contribution in [-0.4, -0.2) is 48.4 Å². The highest BCUT2D eigenvalue weighted by Gasteiger charge is 2.27. The predicted octanol–water partition coefficient (Wildman–Crippen LogP) is 1.87. The zero-order chi connectivity index (χ0) is 13.5. The smallest absolute Gasteiger partial charge is 0.222 e. The lowest BCUT2D eigenvalue weighted by molar-refractivity contribution is -0.129. The number of nitrogens with zero attached hydrogens (tertiary/aromatic N) is 3. The van der Waals surface area contributed by atoms with Crippen molar-refractivity contribution in [2.75, 3.05) is 26.7 Å². The van der Waals surface area contributed by atoms with Crippen LogP contribution in [0.1, 0.15) is 39.5 Å². The molecule has 1 rings (SSSR count). The van der Waals surface area contributed by atoms with Crippen LogP contribution in [0.25, 0.3) is 0 Å². The molecule has 0 spiro atoms. The molecule has 1 saturated heterocycles. The Morgan fingerprint density at radius 2 is 2.28 bits per heavy atom. The maximum Gasteiger partial charge on any atom is 0.222 e. The average Bonchev–Trinajstić information content (AvgIpc) is 2.87. The Morgan fingerprint density at radius 1 is 1.56 bits per heavy atom. The largest absolute Gasteiger partial charge is 0.346 e. The van der Waals surface area contributed by atoms with Crippen LogP contribution in [-0.2, 0) is 4.79 Å². The lowest BCUT2D eigenvalue weighted by Gasteiger charge is -2.28. The lowest BCUT2D eigenvalue weighted by Crippen LogP contribution is -2.37. The first-order valence-electron chi connectivity index (χ1n) is 6.99. The van der Waals surface area contributed by atoms with Gasteiger partial charge in [-0.05, 0) is 25.8 Å². The van der Waals surface area contributed by atoms with Gasteiger partial charge in [0, 0.05) is 32.6 Å². The van der Waals surface area contributed by atoms with Crippen LogP contribution in [0.3, 0.4) is 0 Å². The van der Waals surface area contributed by atoms with E-state index in [2.05, 4.69) is 17.9 Å². The Balaban J connectivity index is 2.39. The van der Waals surface area contributed by atoms with Gasteiger partial charge in [0.2, 0.25) is 5.91 Å². The molecule has 1 fully saturated rings. The monoisotopic (exact) mass is 251 g/mol. The van der Waals surface area contributed by atoms with E-state index in [1.807, 2.05) is 18.9 Å². The number of carbonyl (C=O) groups excluding carboxylic acids is 1. The Hall–Kier alpha value is -1.08. The van der Waals surface area contributed by atoms with Gasteiger partial charge in [0.25, 0.3) is 0 Å². The molecule has 0 aliphatic carbocycles. The molecule has 1 heterocycles. The third kappa shape index (κ3) is 3.99. The highest BCUT2D eigenvalue weighted by molar-refractivity contribution is 5.75. The minimum absolute atomic E-state index is 0.203. The van der Waals surface area contributed by atoms with E-state index in [0.29, 0.717) is 12.5 Å². The van der Waals surface area contributed by atoms with Crippen molar-refractivity contribution >= 4 is 5.91 Å². The fourth-order valence-corrected chi connectivity index (χ4v) is 2.61. The van der Waals surface area contributed by atoms with Crippen molar-refractivity contribution in [3.05, 3.63) is 0 Å². The van der Waals surface area contributed by atoms with Gasteiger partial charge in [-0.3, -0.25) is 9.69 Å². The Morgan fingerprint density at radius 3 is 2.78 bits per heavy atom. The second-order valence-corrected chi connectivity index (χ2v) is 5.13. The summed E-state index contributed by atoms with van der Waals surface area (Å²) in [5, 5.41) is 8.93. The number of amides is 1. The fourth-order valence-electron chi connectivity index (χ4n) is 2.61. The summed E-state index contributed by atoms with van der Waals surface area (Å²) < 4.78 is 0. The number of hydrogen-bond donors (Lipinski definition) is 0. The van der Waals surface area contributed by atoms with Crippen molar-refractivity contribution in [1.82, 2.24) is 9.80 Å². The molecule has 0 N–H and O–H groups in total. The third-order valence-corrected chi connectivity index (χ3v) is 3.92. The number of hydrogen-bond acceptors (Lipinski definition) is 3. The van der Waals surface area contributed by atoms with Gasteiger partial charge >= 0.3 is 0 Å². The van der Waals surface area contributed by atoms with E-state index in [1.165, 1.54) is 0 Å². The zero-order valence-electron chi connectivity index (χ0n) is 11.9. The molecule has 0 bridgehead atoms. The quantitative estimate of drug-likeness (QED) is 0.724. The van der Waals surface area contributed by atoms with Crippen LogP contribution in [0.2, 0.25) is 0 Å². The summed E-state index contributed by atoms with van der Waals surface area (Å²) in [5.41, 5.74) is 0. The Kier molecular flexibility index (Phi) is 6.14. The number of carbonyl (C=O) groups is 1. The molecule has 0 aromatic heterocycles. The summed E-state index contributed by atoms with van der Waals surface area (Å²) in [4.78, 5) is 15.7. The van der Waals surface area contributed by atoms with E-state index < -0.39 is 0 Å². The standard InChI is InChI=1S/C14H25N3O/c1-4-13(7-8-16(3)14(18)5-2)17-9-6-12(10-15)11-17/h12-13H,4-9,11H2,1-3H3. The molecule has 102 valence electrons. The first-order valence-corrected chi connectivity index (χ1v) is 6.99. The van der Waals surface area contributed by atoms with Crippen LogP contribution >= 0.6 is 0 Å². The summed E-state index contributed by atoms with van der Waals surface area (Å²) in [6, 6.07) is 2.87. The molecule has 4 nitrogen and oxygen atoms in total. The van der Waals surface area contributed by atoms with Crippen LogP contribution in [0, 0.1) is 17.2 Å². The molecular weight excluding hydrogens is 226 g/mol. The maximum absolute atomic E-state index is 11.5. The summed E-state index contributed by atoms with van der Waals surface area (Å²) in [7, 11) is 1.88. The van der Waals surface area contributed by atoms with Crippen molar-refractivity contribution in [2.45, 2.75) is 45.6 Å². The predicted molar refractivity (Wildman–Crippen MR) is 71.9 cm³/mol. The van der Waals surface area contributed by atoms with Crippen molar-refractivity contribution in [3.8, 4) is 6.07 Å². The van der Waals surface area contributed by atoms with Gasteiger partial charge in [-0.1, -0.05) is 13.8 Å². The van der Waals surface area contributed by atoms with Gasteiger partial charge in [0.1, 0.15) is 0 Å². The molecule has 1 aliphatic heterocycles. The van der Waals surface area contributed by atoms with Crippen LogP contribution in [0.15, 0.2) is 0 Å². The van der Waals surface area contributed by atoms with E-state index in [1.54, 1.807) is 0 Å². The molecule has 2 unspecified atom stereocenters. The van der Waals surface area contributed by atoms with Gasteiger partial charge < -0.3 is 4.90 Å². The highest BCUT2D eigenvalue weighted by atomic mass is 16.2. The van der Waals surface area contributed by atoms with E-state index in [4.69, 9.17) is 5.26 Å². The molecule has 2 atom stereocenters. The summed E-state index contributed by atoms with van der Waals surface area (Å²) >= 11 is 0. The van der Waals surface area contributed by atoms with Crippen LogP contribution < -0.4 is 0 Å². The Bertz CT molecular complexity index is 311. The lowest BCUT2D eigenvalue weighted by atomic mass is 10.1. The van der Waals surface area contributed by atoms with E-state index in [-0.39, 0.29) is 11.8 Å². The summed E-state index contributed by atoms with van der Waals surface area (Å²) in [5.74, 6) is 0.412. The van der Waals surface area contributed by atoms with Crippen LogP contribution in [0.5, 0.6) is 0 Å². The van der Waals surface area contributed by atoms with Gasteiger partial charge in [-0.2, -0.15) is 5.26 Å². The number of rotatable bonds is 6. The second-order valence-electron chi connectivity index (χ2n) is 5.13. The molecule has 4 heteroatoms. The van der Waals surface area contributed by atoms with Gasteiger partial charge in [-0.25, -0.2) is 0 Å². The molecule has 0 radical (unpaired) electrons.